The van der Waals surface area contributed by atoms with E-state index in [1.165, 1.54) is 36.4 Å². The Kier molecular flexibility index (Phi) is 4.04. The van der Waals surface area contributed by atoms with Gasteiger partial charge in [0, 0.05) is 16.6 Å². The Labute approximate surface area is 113 Å². The molecule has 1 nitrogen and oxygen atoms in total. The van der Waals surface area contributed by atoms with Crippen LogP contribution in [0.1, 0.15) is 5.56 Å². The van der Waals surface area contributed by atoms with Crippen molar-refractivity contribution >= 4 is 28.9 Å². The third kappa shape index (κ3) is 3.12. The smallest absolute Gasteiger partial charge is 0.146 e. The average Bonchev–Trinajstić information content (AvgIpc) is 2.34. The number of hydrogen-bond acceptors (Lipinski definition) is 1. The number of benzene rings is 2. The van der Waals surface area contributed by atoms with Gasteiger partial charge in [-0.15, -0.1) is 0 Å². The average molecular weight is 288 g/mol. The molecule has 0 radical (unpaired) electrons. The molecule has 18 heavy (non-hydrogen) atoms. The summed E-state index contributed by atoms with van der Waals surface area (Å²) in [6, 6.07) is 8.21. The van der Waals surface area contributed by atoms with Gasteiger partial charge in [-0.25, -0.2) is 8.78 Å². The minimum Gasteiger partial charge on any atom is -0.379 e. The zero-order valence-electron chi connectivity index (χ0n) is 9.18. The molecule has 1 N–H and O–H groups in total. The predicted octanol–water partition coefficient (Wildman–Crippen LogP) is 4.88. The van der Waals surface area contributed by atoms with Crippen molar-refractivity contribution in [1.82, 2.24) is 0 Å². The van der Waals surface area contributed by atoms with Gasteiger partial charge in [0.1, 0.15) is 11.6 Å². The highest BCUT2D eigenvalue weighted by atomic mass is 35.5. The molecule has 0 unspecified atom stereocenters. The van der Waals surface area contributed by atoms with E-state index in [1.807, 2.05) is 0 Å². The molecule has 0 amide bonds. The normalized spacial score (nSPS) is 10.4. The SMILES string of the molecule is Fc1ccc(Cl)c(CNc2cc(Cl)ccc2F)c1. The second-order valence-corrected chi connectivity index (χ2v) is 4.56. The summed E-state index contributed by atoms with van der Waals surface area (Å²) < 4.78 is 26.5. The molecule has 0 atom stereocenters. The van der Waals surface area contributed by atoms with E-state index in [1.54, 1.807) is 0 Å². The lowest BCUT2D eigenvalue weighted by molar-refractivity contribution is 0.625. The maximum atomic E-state index is 13.4. The number of rotatable bonds is 3. The molecule has 2 aromatic carbocycles. The highest BCUT2D eigenvalue weighted by molar-refractivity contribution is 6.31. The Morgan fingerprint density at radius 3 is 2.56 bits per heavy atom. The first-order valence-electron chi connectivity index (χ1n) is 5.19. The van der Waals surface area contributed by atoms with Crippen LogP contribution >= 0.6 is 23.2 Å². The van der Waals surface area contributed by atoms with Crippen LogP contribution in [-0.4, -0.2) is 0 Å². The molecule has 0 aliphatic heterocycles. The van der Waals surface area contributed by atoms with E-state index in [0.29, 0.717) is 15.6 Å². The van der Waals surface area contributed by atoms with Crippen molar-refractivity contribution in [1.29, 1.82) is 0 Å². The fourth-order valence-corrected chi connectivity index (χ4v) is 1.86. The molecule has 0 aliphatic carbocycles. The third-order valence-electron chi connectivity index (χ3n) is 2.41. The van der Waals surface area contributed by atoms with E-state index in [9.17, 15) is 8.78 Å². The Morgan fingerprint density at radius 1 is 1.00 bits per heavy atom. The van der Waals surface area contributed by atoms with Crippen LogP contribution in [0.4, 0.5) is 14.5 Å². The van der Waals surface area contributed by atoms with Crippen LogP contribution in [0.25, 0.3) is 0 Å². The largest absolute Gasteiger partial charge is 0.379 e. The molecule has 0 spiro atoms. The minimum atomic E-state index is -0.424. The van der Waals surface area contributed by atoms with Gasteiger partial charge in [0.25, 0.3) is 0 Å². The first-order valence-corrected chi connectivity index (χ1v) is 5.95. The number of anilines is 1. The first kappa shape index (κ1) is 13.1. The zero-order valence-corrected chi connectivity index (χ0v) is 10.7. The lowest BCUT2D eigenvalue weighted by atomic mass is 10.2. The van der Waals surface area contributed by atoms with Gasteiger partial charge >= 0.3 is 0 Å². The van der Waals surface area contributed by atoms with Crippen LogP contribution in [0, 0.1) is 11.6 Å². The summed E-state index contributed by atoms with van der Waals surface area (Å²) in [5.41, 5.74) is 0.805. The number of hydrogen-bond donors (Lipinski definition) is 1. The van der Waals surface area contributed by atoms with Gasteiger partial charge in [-0.2, -0.15) is 0 Å². The van der Waals surface area contributed by atoms with E-state index in [2.05, 4.69) is 5.32 Å². The Hall–Kier alpha value is -1.32. The van der Waals surface area contributed by atoms with E-state index in [-0.39, 0.29) is 18.0 Å². The van der Waals surface area contributed by atoms with E-state index < -0.39 is 5.82 Å². The van der Waals surface area contributed by atoms with Crippen LogP contribution in [0.15, 0.2) is 36.4 Å². The van der Waals surface area contributed by atoms with Crippen molar-refractivity contribution < 1.29 is 8.78 Å². The van der Waals surface area contributed by atoms with Crippen LogP contribution < -0.4 is 5.32 Å². The van der Waals surface area contributed by atoms with Crippen molar-refractivity contribution in [2.45, 2.75) is 6.54 Å². The van der Waals surface area contributed by atoms with Gasteiger partial charge in [0.05, 0.1) is 5.69 Å². The molecule has 0 saturated carbocycles. The monoisotopic (exact) mass is 287 g/mol. The standard InChI is InChI=1S/C13H9Cl2F2N/c14-9-1-4-12(17)13(6-9)18-7-8-5-10(16)2-3-11(8)15/h1-6,18H,7H2. The van der Waals surface area contributed by atoms with Crippen molar-refractivity contribution in [3.8, 4) is 0 Å². The quantitative estimate of drug-likeness (QED) is 0.848. The summed E-state index contributed by atoms with van der Waals surface area (Å²) in [5.74, 6) is -0.810. The van der Waals surface area contributed by atoms with Crippen LogP contribution in [0.5, 0.6) is 0 Å². The molecule has 0 saturated heterocycles. The Balaban J connectivity index is 2.16. The van der Waals surface area contributed by atoms with Crippen LogP contribution in [0.3, 0.4) is 0 Å². The molecule has 0 heterocycles. The van der Waals surface area contributed by atoms with Gasteiger partial charge < -0.3 is 5.32 Å². The molecule has 0 bridgehead atoms. The van der Waals surface area contributed by atoms with Crippen LogP contribution in [0.2, 0.25) is 10.0 Å². The predicted molar refractivity (Wildman–Crippen MR) is 70.1 cm³/mol. The second kappa shape index (κ2) is 5.55. The molecule has 0 aromatic heterocycles. The van der Waals surface area contributed by atoms with Gasteiger partial charge in [-0.3, -0.25) is 0 Å². The lowest BCUT2D eigenvalue weighted by Gasteiger charge is -2.09. The molecule has 2 aromatic rings. The van der Waals surface area contributed by atoms with E-state index >= 15 is 0 Å². The van der Waals surface area contributed by atoms with Crippen molar-refractivity contribution in [2.75, 3.05) is 5.32 Å². The van der Waals surface area contributed by atoms with Gasteiger partial charge in [0.2, 0.25) is 0 Å². The summed E-state index contributed by atoms with van der Waals surface area (Å²) in [5, 5.41) is 3.67. The summed E-state index contributed by atoms with van der Waals surface area (Å²) >= 11 is 11.7. The Morgan fingerprint density at radius 2 is 1.78 bits per heavy atom. The van der Waals surface area contributed by atoms with E-state index in [4.69, 9.17) is 23.2 Å². The molecular formula is C13H9Cl2F2N. The summed E-state index contributed by atoms with van der Waals surface area (Å²) in [7, 11) is 0. The highest BCUT2D eigenvalue weighted by Gasteiger charge is 2.05. The third-order valence-corrected chi connectivity index (χ3v) is 3.01. The van der Waals surface area contributed by atoms with Crippen molar-refractivity contribution in [3.05, 3.63) is 63.6 Å². The molecule has 94 valence electrons. The first-order chi connectivity index (χ1) is 8.56. The Bertz CT molecular complexity index is 521. The fourth-order valence-electron chi connectivity index (χ4n) is 1.50. The second-order valence-electron chi connectivity index (χ2n) is 3.71. The highest BCUT2D eigenvalue weighted by Crippen LogP contribution is 2.22. The van der Waals surface area contributed by atoms with Gasteiger partial charge in [-0.1, -0.05) is 23.2 Å². The maximum absolute atomic E-state index is 13.4. The molecule has 5 heteroatoms. The molecule has 0 aliphatic rings. The summed E-state index contributed by atoms with van der Waals surface area (Å²) in [6.07, 6.45) is 0. The van der Waals surface area contributed by atoms with Gasteiger partial charge in [0.15, 0.2) is 0 Å². The summed E-state index contributed by atoms with van der Waals surface area (Å²) in [6.45, 7) is 0.216. The lowest BCUT2D eigenvalue weighted by Crippen LogP contribution is -2.02. The van der Waals surface area contributed by atoms with Crippen LogP contribution in [-0.2, 0) is 6.54 Å². The molecular weight excluding hydrogens is 279 g/mol. The van der Waals surface area contributed by atoms with Gasteiger partial charge in [-0.05, 0) is 42.0 Å². The zero-order chi connectivity index (χ0) is 13.1. The molecule has 2 rings (SSSR count). The maximum Gasteiger partial charge on any atom is 0.146 e. The topological polar surface area (TPSA) is 12.0 Å². The molecule has 0 fully saturated rings. The number of halogens is 4. The van der Waals surface area contributed by atoms with E-state index in [0.717, 1.165) is 0 Å². The minimum absolute atomic E-state index is 0.216. The van der Waals surface area contributed by atoms with Crippen molar-refractivity contribution in [3.63, 3.8) is 0 Å². The number of nitrogens with one attached hydrogen (secondary N) is 1. The summed E-state index contributed by atoms with van der Waals surface area (Å²) in [4.78, 5) is 0. The fraction of sp³-hybridized carbons (Fsp3) is 0.0769. The van der Waals surface area contributed by atoms with Crippen molar-refractivity contribution in [2.24, 2.45) is 0 Å².